The zero-order valence-electron chi connectivity index (χ0n) is 18.1. The molecular weight excluding hydrogens is 330 g/mol. The third-order valence-corrected chi connectivity index (χ3v) is 5.52. The number of hydrogen-bond donors (Lipinski definition) is 0. The molecular formula is C21H39NO4. The molecule has 4 atom stereocenters. The fourth-order valence-electron chi connectivity index (χ4n) is 4.25. The van der Waals surface area contributed by atoms with Gasteiger partial charge in [-0.25, -0.2) is 0 Å². The first-order valence-electron chi connectivity index (χ1n) is 9.98. The van der Waals surface area contributed by atoms with Crippen LogP contribution in [0, 0.1) is 17.3 Å². The molecule has 0 radical (unpaired) electrons. The lowest BCUT2D eigenvalue weighted by Gasteiger charge is -2.35. The van der Waals surface area contributed by atoms with E-state index in [1.54, 1.807) is 21.0 Å². The van der Waals surface area contributed by atoms with Gasteiger partial charge >= 0.3 is 5.97 Å². The number of rotatable bonds is 3. The second-order valence-corrected chi connectivity index (χ2v) is 9.03. The lowest BCUT2D eigenvalue weighted by atomic mass is 9.76. The van der Waals surface area contributed by atoms with E-state index in [-0.39, 0.29) is 23.4 Å². The van der Waals surface area contributed by atoms with E-state index >= 15 is 0 Å². The zero-order valence-corrected chi connectivity index (χ0v) is 18.1. The fourth-order valence-corrected chi connectivity index (χ4v) is 4.25. The molecule has 152 valence electrons. The number of methoxy groups -OCH3 is 1. The number of ether oxygens (including phenoxy) is 2. The van der Waals surface area contributed by atoms with Gasteiger partial charge in [-0.2, -0.15) is 0 Å². The van der Waals surface area contributed by atoms with Crippen molar-refractivity contribution in [2.45, 2.75) is 79.4 Å². The van der Waals surface area contributed by atoms with Crippen molar-refractivity contribution in [3.8, 4) is 0 Å². The summed E-state index contributed by atoms with van der Waals surface area (Å²) >= 11 is 0. The predicted molar refractivity (Wildman–Crippen MR) is 104 cm³/mol. The van der Waals surface area contributed by atoms with Crippen molar-refractivity contribution in [1.29, 1.82) is 0 Å². The minimum atomic E-state index is -1.14. The molecule has 0 N–H and O–H groups in total. The minimum absolute atomic E-state index is 0.0738. The summed E-state index contributed by atoms with van der Waals surface area (Å²) in [5.74, 6) is -0.344. The van der Waals surface area contributed by atoms with Gasteiger partial charge in [0.25, 0.3) is 0 Å². The topological polar surface area (TPSA) is 55.8 Å². The summed E-state index contributed by atoms with van der Waals surface area (Å²) in [4.78, 5) is 28.0. The number of nitrogens with zero attached hydrogens (tertiary/aromatic N) is 1. The van der Waals surface area contributed by atoms with Crippen molar-refractivity contribution in [2.75, 3.05) is 26.7 Å². The first-order chi connectivity index (χ1) is 11.9. The van der Waals surface area contributed by atoms with E-state index in [2.05, 4.69) is 25.7 Å². The Morgan fingerprint density at radius 2 is 1.73 bits per heavy atom. The smallest absolute Gasteiger partial charge is 0.319 e. The highest BCUT2D eigenvalue weighted by Gasteiger charge is 2.43. The van der Waals surface area contributed by atoms with Crippen LogP contribution in [0.3, 0.4) is 0 Å². The highest BCUT2D eigenvalue weighted by Crippen LogP contribution is 2.33. The van der Waals surface area contributed by atoms with Crippen LogP contribution < -0.4 is 0 Å². The van der Waals surface area contributed by atoms with Crippen LogP contribution in [0.2, 0.25) is 0 Å². The van der Waals surface area contributed by atoms with Gasteiger partial charge in [0.15, 0.2) is 5.78 Å². The number of carbonyl (C=O) groups excluding carboxylic acids is 2. The molecule has 0 aliphatic carbocycles. The van der Waals surface area contributed by atoms with Gasteiger partial charge in [0.2, 0.25) is 0 Å². The molecule has 1 fully saturated rings. The number of cyclic esters (lactones) is 1. The predicted octanol–water partition coefficient (Wildman–Crippen LogP) is 3.70. The molecule has 26 heavy (non-hydrogen) atoms. The first kappa shape index (κ1) is 23.1. The highest BCUT2D eigenvalue weighted by atomic mass is 16.5. The first-order valence-corrected chi connectivity index (χ1v) is 9.98. The molecule has 4 unspecified atom stereocenters. The molecule has 0 amide bonds. The van der Waals surface area contributed by atoms with Gasteiger partial charge in [-0.1, -0.05) is 20.8 Å². The van der Waals surface area contributed by atoms with Crippen molar-refractivity contribution < 1.29 is 19.1 Å². The van der Waals surface area contributed by atoms with Gasteiger partial charge in [-0.05, 0) is 59.4 Å². The van der Waals surface area contributed by atoms with Gasteiger partial charge in [0, 0.05) is 26.1 Å². The molecule has 0 aromatic heterocycles. The SMILES string of the molecule is CCCN1CC(C)CC(C)(OC)CC(C)C(=O)C(C)(C)C(=O)OC(C)C1. The molecule has 1 rings (SSSR count). The molecule has 0 saturated carbocycles. The Labute approximate surface area is 159 Å². The standard InChI is InChI=1S/C21H39NO4/c1-9-10-22-13-15(2)11-21(7,25-8)12-16(3)18(23)20(5,6)19(24)26-17(4)14-22/h15-17H,9-14H2,1-8H3. The second kappa shape index (κ2) is 9.32. The van der Waals surface area contributed by atoms with Crippen molar-refractivity contribution in [2.24, 2.45) is 17.3 Å². The lowest BCUT2D eigenvalue weighted by molar-refractivity contribution is -0.164. The van der Waals surface area contributed by atoms with E-state index in [4.69, 9.17) is 9.47 Å². The van der Waals surface area contributed by atoms with E-state index in [9.17, 15) is 9.59 Å². The number of Topliss-reactive ketones (excluding diaryl/α,β-unsaturated/α-hetero) is 1. The van der Waals surface area contributed by atoms with Crippen molar-refractivity contribution in [3.05, 3.63) is 0 Å². The van der Waals surface area contributed by atoms with Gasteiger partial charge in [0.05, 0.1) is 5.60 Å². The minimum Gasteiger partial charge on any atom is -0.461 e. The van der Waals surface area contributed by atoms with Crippen LogP contribution in [-0.4, -0.2) is 55.1 Å². The molecule has 0 spiro atoms. The number of carbonyl (C=O) groups is 2. The molecule has 1 aliphatic rings. The third-order valence-electron chi connectivity index (χ3n) is 5.52. The van der Waals surface area contributed by atoms with Crippen LogP contribution in [0.15, 0.2) is 0 Å². The molecule has 0 aromatic carbocycles. The van der Waals surface area contributed by atoms with Crippen LogP contribution in [0.5, 0.6) is 0 Å². The van der Waals surface area contributed by atoms with E-state index in [0.717, 1.165) is 25.9 Å². The highest BCUT2D eigenvalue weighted by molar-refractivity contribution is 6.03. The largest absolute Gasteiger partial charge is 0.461 e. The van der Waals surface area contributed by atoms with E-state index < -0.39 is 11.4 Å². The lowest BCUT2D eigenvalue weighted by Crippen LogP contribution is -2.43. The Kier molecular flexibility index (Phi) is 8.28. The maximum absolute atomic E-state index is 13.0. The average Bonchev–Trinajstić information content (AvgIpc) is 2.52. The van der Waals surface area contributed by atoms with E-state index in [1.165, 1.54) is 0 Å². The monoisotopic (exact) mass is 369 g/mol. The van der Waals surface area contributed by atoms with Crippen LogP contribution in [0.4, 0.5) is 0 Å². The number of esters is 1. The summed E-state index contributed by atoms with van der Waals surface area (Å²) in [6, 6.07) is 0. The molecule has 0 bridgehead atoms. The summed E-state index contributed by atoms with van der Waals surface area (Å²) in [6.45, 7) is 16.2. The number of hydrogen-bond acceptors (Lipinski definition) is 5. The maximum Gasteiger partial charge on any atom is 0.319 e. The maximum atomic E-state index is 13.0. The fraction of sp³-hybridized carbons (Fsp3) is 0.905. The molecule has 1 aliphatic heterocycles. The Bertz CT molecular complexity index is 490. The summed E-state index contributed by atoms with van der Waals surface area (Å²) in [5.41, 5.74) is -1.52. The second-order valence-electron chi connectivity index (χ2n) is 9.03. The molecule has 5 nitrogen and oxygen atoms in total. The van der Waals surface area contributed by atoms with E-state index in [1.807, 2.05) is 13.8 Å². The Morgan fingerprint density at radius 1 is 1.12 bits per heavy atom. The van der Waals surface area contributed by atoms with Crippen molar-refractivity contribution in [1.82, 2.24) is 4.90 Å². The third kappa shape index (κ3) is 6.05. The summed E-state index contributed by atoms with van der Waals surface area (Å²) in [7, 11) is 1.72. The average molecular weight is 370 g/mol. The van der Waals surface area contributed by atoms with Crippen LogP contribution in [-0.2, 0) is 19.1 Å². The van der Waals surface area contributed by atoms with E-state index in [0.29, 0.717) is 18.9 Å². The van der Waals surface area contributed by atoms with Gasteiger partial charge < -0.3 is 9.47 Å². The van der Waals surface area contributed by atoms with Crippen LogP contribution in [0.1, 0.15) is 67.7 Å². The Hall–Kier alpha value is -0.940. The van der Waals surface area contributed by atoms with Gasteiger partial charge in [-0.15, -0.1) is 0 Å². The quantitative estimate of drug-likeness (QED) is 0.561. The Morgan fingerprint density at radius 3 is 2.27 bits per heavy atom. The number of ketones is 1. The molecule has 0 aromatic rings. The van der Waals surface area contributed by atoms with Gasteiger partial charge in [-0.3, -0.25) is 14.5 Å². The van der Waals surface area contributed by atoms with Gasteiger partial charge in [0.1, 0.15) is 11.5 Å². The summed E-state index contributed by atoms with van der Waals surface area (Å²) in [5, 5.41) is 0. The Balaban J connectivity index is 3.17. The summed E-state index contributed by atoms with van der Waals surface area (Å²) < 4.78 is 11.5. The molecule has 1 saturated heterocycles. The molecule has 5 heteroatoms. The van der Waals surface area contributed by atoms with Crippen molar-refractivity contribution >= 4 is 11.8 Å². The zero-order chi connectivity index (χ0) is 20.1. The van der Waals surface area contributed by atoms with Crippen LogP contribution in [0.25, 0.3) is 0 Å². The normalized spacial score (nSPS) is 35.2. The van der Waals surface area contributed by atoms with Crippen molar-refractivity contribution in [3.63, 3.8) is 0 Å². The summed E-state index contributed by atoms with van der Waals surface area (Å²) in [6.07, 6.45) is 2.30. The molecule has 1 heterocycles. The van der Waals surface area contributed by atoms with Crippen LogP contribution >= 0.6 is 0 Å².